The number of carbonyl (C=O) groups is 1. The molecule has 1 atom stereocenters. The van der Waals surface area contributed by atoms with Crippen LogP contribution in [0.1, 0.15) is 28.1 Å². The number of carboxylic acids is 1. The number of aromatic nitrogens is 1. The van der Waals surface area contributed by atoms with Gasteiger partial charge in [0.2, 0.25) is 5.76 Å². The van der Waals surface area contributed by atoms with Gasteiger partial charge in [0.25, 0.3) is 0 Å². The molecule has 0 aliphatic carbocycles. The molecule has 0 saturated carbocycles. The predicted octanol–water partition coefficient (Wildman–Crippen LogP) is 2.22. The van der Waals surface area contributed by atoms with Crippen molar-refractivity contribution in [2.24, 2.45) is 0 Å². The Labute approximate surface area is 105 Å². The Balaban J connectivity index is 2.27. The molecule has 0 saturated heterocycles. The van der Waals surface area contributed by atoms with Crippen molar-refractivity contribution in [2.45, 2.75) is 6.10 Å². The van der Waals surface area contributed by atoms with Crippen LogP contribution in [-0.2, 0) is 0 Å². The third-order valence-electron chi connectivity index (χ3n) is 2.14. The van der Waals surface area contributed by atoms with E-state index in [-0.39, 0.29) is 11.5 Å². The van der Waals surface area contributed by atoms with Gasteiger partial charge < -0.3 is 14.6 Å². The minimum Gasteiger partial charge on any atom is -0.475 e. The molecule has 0 aliphatic rings. The highest BCUT2D eigenvalue weighted by atomic mass is 79.9. The molecule has 0 spiro atoms. The fraction of sp³-hybridized carbons (Fsp3) is 0.0909. The summed E-state index contributed by atoms with van der Waals surface area (Å²) >= 11 is 3.23. The van der Waals surface area contributed by atoms with Gasteiger partial charge in [0, 0.05) is 10.7 Å². The topological polar surface area (TPSA) is 83.6 Å². The number of nitrogens with zero attached hydrogens (tertiary/aromatic N) is 1. The predicted molar refractivity (Wildman–Crippen MR) is 61.7 cm³/mol. The van der Waals surface area contributed by atoms with Crippen LogP contribution < -0.4 is 0 Å². The monoisotopic (exact) mass is 297 g/mol. The van der Waals surface area contributed by atoms with Gasteiger partial charge in [-0.25, -0.2) is 4.79 Å². The van der Waals surface area contributed by atoms with Gasteiger partial charge in [-0.15, -0.1) is 0 Å². The fourth-order valence-corrected chi connectivity index (χ4v) is 1.54. The Morgan fingerprint density at radius 3 is 2.65 bits per heavy atom. The first kappa shape index (κ1) is 11.8. The summed E-state index contributed by atoms with van der Waals surface area (Å²) in [5.74, 6) is -1.24. The molecule has 17 heavy (non-hydrogen) atoms. The van der Waals surface area contributed by atoms with E-state index < -0.39 is 12.1 Å². The summed E-state index contributed by atoms with van der Waals surface area (Å²) in [7, 11) is 0. The number of halogens is 1. The number of pyridine rings is 1. The normalized spacial score (nSPS) is 12.4. The quantitative estimate of drug-likeness (QED) is 0.907. The zero-order valence-corrected chi connectivity index (χ0v) is 10.1. The lowest BCUT2D eigenvalue weighted by Crippen LogP contribution is -2.01. The molecule has 5 nitrogen and oxygen atoms in total. The number of hydrogen-bond donors (Lipinski definition) is 2. The van der Waals surface area contributed by atoms with Crippen molar-refractivity contribution < 1.29 is 19.4 Å². The molecular weight excluding hydrogens is 290 g/mol. The van der Waals surface area contributed by atoms with Crippen LogP contribution in [0.2, 0.25) is 0 Å². The average molecular weight is 298 g/mol. The molecule has 0 amide bonds. The van der Waals surface area contributed by atoms with Gasteiger partial charge in [-0.1, -0.05) is 0 Å². The van der Waals surface area contributed by atoms with Crippen LogP contribution in [0.25, 0.3) is 0 Å². The smallest absolute Gasteiger partial charge is 0.371 e. The van der Waals surface area contributed by atoms with Gasteiger partial charge in [-0.05, 0) is 40.2 Å². The second-order valence-corrected chi connectivity index (χ2v) is 4.23. The number of hydrogen-bond acceptors (Lipinski definition) is 4. The van der Waals surface area contributed by atoms with Gasteiger partial charge in [-0.3, -0.25) is 4.98 Å². The lowest BCUT2D eigenvalue weighted by molar-refractivity contribution is 0.0654. The van der Waals surface area contributed by atoms with Crippen molar-refractivity contribution in [2.75, 3.05) is 0 Å². The molecular formula is C11H8BrNO4. The third-order valence-corrected chi connectivity index (χ3v) is 2.61. The Hall–Kier alpha value is -1.66. The Morgan fingerprint density at radius 2 is 2.12 bits per heavy atom. The van der Waals surface area contributed by atoms with Crippen molar-refractivity contribution in [1.82, 2.24) is 4.98 Å². The first-order valence-corrected chi connectivity index (χ1v) is 5.50. The lowest BCUT2D eigenvalue weighted by Gasteiger charge is -2.06. The molecule has 0 aromatic carbocycles. The molecule has 1 unspecified atom stereocenters. The third kappa shape index (κ3) is 2.54. The maximum Gasteiger partial charge on any atom is 0.371 e. The molecule has 88 valence electrons. The molecule has 2 N–H and O–H groups in total. The average Bonchev–Trinajstić information content (AvgIpc) is 2.78. The van der Waals surface area contributed by atoms with E-state index in [1.165, 1.54) is 12.1 Å². The number of carboxylic acid groups (broad SMARTS) is 1. The first-order valence-electron chi connectivity index (χ1n) is 4.70. The van der Waals surface area contributed by atoms with E-state index in [2.05, 4.69) is 20.9 Å². The van der Waals surface area contributed by atoms with Crippen LogP contribution >= 0.6 is 15.9 Å². The zero-order valence-electron chi connectivity index (χ0n) is 8.50. The minimum absolute atomic E-state index is 0.150. The van der Waals surface area contributed by atoms with Crippen molar-refractivity contribution >= 4 is 21.9 Å². The Kier molecular flexibility index (Phi) is 3.26. The van der Waals surface area contributed by atoms with Gasteiger partial charge in [-0.2, -0.15) is 0 Å². The van der Waals surface area contributed by atoms with Gasteiger partial charge in [0.05, 0.1) is 5.69 Å². The number of aliphatic hydroxyl groups is 1. The molecule has 0 fully saturated rings. The highest BCUT2D eigenvalue weighted by Gasteiger charge is 2.18. The maximum absolute atomic E-state index is 10.6. The van der Waals surface area contributed by atoms with Crippen molar-refractivity contribution in [3.8, 4) is 0 Å². The first-order chi connectivity index (χ1) is 8.08. The molecule has 2 heterocycles. The Morgan fingerprint density at radius 1 is 1.35 bits per heavy atom. The maximum atomic E-state index is 10.6. The van der Waals surface area contributed by atoms with Crippen molar-refractivity contribution in [1.29, 1.82) is 0 Å². The summed E-state index contributed by atoms with van der Waals surface area (Å²) in [6, 6.07) is 6.06. The van der Waals surface area contributed by atoms with E-state index in [1.807, 2.05) is 0 Å². The number of aliphatic hydroxyl groups excluding tert-OH is 1. The van der Waals surface area contributed by atoms with Crippen LogP contribution in [0.15, 0.2) is 39.4 Å². The van der Waals surface area contributed by atoms with E-state index in [0.717, 1.165) is 4.47 Å². The highest BCUT2D eigenvalue weighted by Crippen LogP contribution is 2.23. The molecule has 6 heteroatoms. The second-order valence-electron chi connectivity index (χ2n) is 3.31. The largest absolute Gasteiger partial charge is 0.475 e. The summed E-state index contributed by atoms with van der Waals surface area (Å²) in [6.07, 6.45) is 0.468. The summed E-state index contributed by atoms with van der Waals surface area (Å²) in [5, 5.41) is 18.6. The van der Waals surface area contributed by atoms with E-state index >= 15 is 0 Å². The lowest BCUT2D eigenvalue weighted by atomic mass is 10.2. The minimum atomic E-state index is -1.17. The zero-order chi connectivity index (χ0) is 12.4. The van der Waals surface area contributed by atoms with Crippen LogP contribution in [-0.4, -0.2) is 21.2 Å². The fourth-order valence-electron chi connectivity index (χ4n) is 1.31. The summed E-state index contributed by atoms with van der Waals surface area (Å²) in [6.45, 7) is 0. The molecule has 2 aromatic rings. The van der Waals surface area contributed by atoms with Gasteiger partial charge >= 0.3 is 5.97 Å². The van der Waals surface area contributed by atoms with Crippen molar-refractivity contribution in [3.05, 3.63) is 52.1 Å². The van der Waals surface area contributed by atoms with E-state index in [1.54, 1.807) is 18.3 Å². The molecule has 2 rings (SSSR count). The summed E-state index contributed by atoms with van der Waals surface area (Å²) in [5.41, 5.74) is 0.388. The molecule has 0 radical (unpaired) electrons. The molecule has 0 aliphatic heterocycles. The van der Waals surface area contributed by atoms with Gasteiger partial charge in [0.1, 0.15) is 5.76 Å². The van der Waals surface area contributed by atoms with E-state index in [4.69, 9.17) is 9.52 Å². The SMILES string of the molecule is O=C(O)c1ccc(C(O)c2ccc(Br)cn2)o1. The number of furan rings is 1. The van der Waals surface area contributed by atoms with E-state index in [0.29, 0.717) is 5.69 Å². The summed E-state index contributed by atoms with van der Waals surface area (Å²) < 4.78 is 5.78. The Bertz CT molecular complexity index is 535. The van der Waals surface area contributed by atoms with Crippen LogP contribution in [0.3, 0.4) is 0 Å². The standard InChI is InChI=1S/C11H8BrNO4/c12-6-1-2-7(13-5-6)10(14)8-3-4-9(17-8)11(15)16/h1-5,10,14H,(H,15,16). The van der Waals surface area contributed by atoms with Crippen LogP contribution in [0.4, 0.5) is 0 Å². The van der Waals surface area contributed by atoms with Crippen LogP contribution in [0.5, 0.6) is 0 Å². The van der Waals surface area contributed by atoms with E-state index in [9.17, 15) is 9.90 Å². The number of rotatable bonds is 3. The van der Waals surface area contributed by atoms with Gasteiger partial charge in [0.15, 0.2) is 6.10 Å². The molecule has 0 bridgehead atoms. The van der Waals surface area contributed by atoms with Crippen LogP contribution in [0, 0.1) is 0 Å². The highest BCUT2D eigenvalue weighted by molar-refractivity contribution is 9.10. The second kappa shape index (κ2) is 4.68. The summed E-state index contributed by atoms with van der Waals surface area (Å²) in [4.78, 5) is 14.6. The number of aromatic carboxylic acids is 1. The van der Waals surface area contributed by atoms with Crippen molar-refractivity contribution in [3.63, 3.8) is 0 Å². The molecule has 2 aromatic heterocycles.